The van der Waals surface area contributed by atoms with Gasteiger partial charge in [0.1, 0.15) is 12.4 Å². The number of benzene rings is 1. The normalized spacial score (nSPS) is 9.80. The van der Waals surface area contributed by atoms with E-state index in [4.69, 9.17) is 26.2 Å². The van der Waals surface area contributed by atoms with Crippen LogP contribution in [0.5, 0.6) is 5.75 Å². The third kappa shape index (κ3) is 3.11. The highest BCUT2D eigenvalue weighted by Crippen LogP contribution is 2.22. The number of ether oxygens (including phenoxy) is 2. The summed E-state index contributed by atoms with van der Waals surface area (Å²) < 4.78 is 9.65. The summed E-state index contributed by atoms with van der Waals surface area (Å²) >= 11 is 5.84. The van der Waals surface area contributed by atoms with Crippen LogP contribution in [-0.2, 0) is 4.74 Å². The van der Waals surface area contributed by atoms with Crippen LogP contribution in [0.4, 0.5) is 0 Å². The molecule has 0 heterocycles. The molecular weight excluding hydrogens is 220 g/mol. The van der Waals surface area contributed by atoms with Gasteiger partial charge >= 0.3 is 5.97 Å². The lowest BCUT2D eigenvalue weighted by molar-refractivity contribution is 0.0434. The molecule has 0 bridgehead atoms. The van der Waals surface area contributed by atoms with E-state index < -0.39 is 5.97 Å². The molecule has 4 nitrogen and oxygen atoms in total. The number of rotatable bonds is 4. The van der Waals surface area contributed by atoms with E-state index in [1.165, 1.54) is 19.2 Å². The van der Waals surface area contributed by atoms with E-state index in [2.05, 4.69) is 0 Å². The first-order valence-electron chi connectivity index (χ1n) is 4.30. The summed E-state index contributed by atoms with van der Waals surface area (Å²) in [6, 6.07) is 4.65. The fraction of sp³-hybridized carbons (Fsp3) is 0.300. The van der Waals surface area contributed by atoms with Crippen LogP contribution in [0.3, 0.4) is 0 Å². The number of hydrogen-bond acceptors (Lipinski definition) is 4. The molecule has 0 unspecified atom stereocenters. The Balaban J connectivity index is 2.81. The van der Waals surface area contributed by atoms with Crippen LogP contribution in [0.25, 0.3) is 0 Å². The number of hydrogen-bond donors (Lipinski definition) is 1. The van der Waals surface area contributed by atoms with Gasteiger partial charge in [-0.25, -0.2) is 4.79 Å². The Labute approximate surface area is 92.4 Å². The van der Waals surface area contributed by atoms with Gasteiger partial charge in [0.25, 0.3) is 0 Å². The molecule has 0 spiro atoms. The number of aliphatic hydroxyl groups excluding tert-OH is 1. The van der Waals surface area contributed by atoms with Crippen molar-refractivity contribution in [1.29, 1.82) is 0 Å². The maximum atomic E-state index is 11.4. The molecule has 1 N–H and O–H groups in total. The van der Waals surface area contributed by atoms with Gasteiger partial charge < -0.3 is 14.6 Å². The predicted octanol–water partition coefficient (Wildman–Crippen LogP) is 1.50. The van der Waals surface area contributed by atoms with Gasteiger partial charge in [0.15, 0.2) is 0 Å². The molecule has 0 radical (unpaired) electrons. The summed E-state index contributed by atoms with van der Waals surface area (Å²) in [5.74, 6) is 0.00964. The van der Waals surface area contributed by atoms with Crippen LogP contribution in [0.1, 0.15) is 10.4 Å². The highest BCUT2D eigenvalue weighted by atomic mass is 35.5. The first-order chi connectivity index (χ1) is 7.19. The molecule has 82 valence electrons. The third-order valence-electron chi connectivity index (χ3n) is 1.72. The fourth-order valence-corrected chi connectivity index (χ4v) is 1.25. The number of carbonyl (C=O) groups excluding carboxylic acids is 1. The molecule has 0 aliphatic heterocycles. The van der Waals surface area contributed by atoms with Gasteiger partial charge in [0.05, 0.1) is 24.3 Å². The van der Waals surface area contributed by atoms with Crippen LogP contribution < -0.4 is 4.74 Å². The Kier molecular flexibility index (Phi) is 4.39. The molecule has 0 aliphatic carbocycles. The van der Waals surface area contributed by atoms with Crippen molar-refractivity contribution in [2.24, 2.45) is 0 Å². The quantitative estimate of drug-likeness (QED) is 0.797. The van der Waals surface area contributed by atoms with Crippen LogP contribution in [0.2, 0.25) is 5.02 Å². The van der Waals surface area contributed by atoms with Gasteiger partial charge in [-0.3, -0.25) is 0 Å². The Bertz CT molecular complexity index is 351. The summed E-state index contributed by atoms with van der Waals surface area (Å²) in [6.45, 7) is -0.249. The van der Waals surface area contributed by atoms with Crippen molar-refractivity contribution in [3.8, 4) is 5.75 Å². The Morgan fingerprint density at radius 2 is 2.27 bits per heavy atom. The molecule has 1 aromatic carbocycles. The Hall–Kier alpha value is -1.26. The third-order valence-corrected chi connectivity index (χ3v) is 2.03. The standard InChI is InChI=1S/C10H11ClO4/c1-14-7-2-3-8(9(11)6-7)10(13)15-5-4-12/h2-3,6,12H,4-5H2,1H3. The first kappa shape index (κ1) is 11.8. The van der Waals surface area contributed by atoms with E-state index in [0.29, 0.717) is 5.75 Å². The molecule has 0 amide bonds. The van der Waals surface area contributed by atoms with Gasteiger partial charge in [-0.2, -0.15) is 0 Å². The Morgan fingerprint density at radius 1 is 1.53 bits per heavy atom. The largest absolute Gasteiger partial charge is 0.497 e. The lowest BCUT2D eigenvalue weighted by Crippen LogP contribution is -2.09. The van der Waals surface area contributed by atoms with Crippen molar-refractivity contribution in [1.82, 2.24) is 0 Å². The zero-order chi connectivity index (χ0) is 11.3. The summed E-state index contributed by atoms with van der Waals surface area (Å²) in [7, 11) is 1.51. The second kappa shape index (κ2) is 5.58. The van der Waals surface area contributed by atoms with E-state index in [1.54, 1.807) is 6.07 Å². The van der Waals surface area contributed by atoms with Gasteiger partial charge in [0.2, 0.25) is 0 Å². The van der Waals surface area contributed by atoms with Crippen molar-refractivity contribution >= 4 is 17.6 Å². The van der Waals surface area contributed by atoms with Gasteiger partial charge in [0, 0.05) is 0 Å². The molecule has 0 atom stereocenters. The van der Waals surface area contributed by atoms with E-state index in [-0.39, 0.29) is 23.8 Å². The number of methoxy groups -OCH3 is 1. The van der Waals surface area contributed by atoms with Crippen molar-refractivity contribution in [2.75, 3.05) is 20.3 Å². The molecule has 0 aliphatic rings. The topological polar surface area (TPSA) is 55.8 Å². The monoisotopic (exact) mass is 230 g/mol. The summed E-state index contributed by atoms with van der Waals surface area (Å²) in [5.41, 5.74) is 0.255. The minimum Gasteiger partial charge on any atom is -0.497 e. The predicted molar refractivity (Wildman–Crippen MR) is 55.4 cm³/mol. The van der Waals surface area contributed by atoms with Gasteiger partial charge in [-0.1, -0.05) is 11.6 Å². The van der Waals surface area contributed by atoms with Crippen molar-refractivity contribution in [2.45, 2.75) is 0 Å². The highest BCUT2D eigenvalue weighted by molar-refractivity contribution is 6.33. The van der Waals surface area contributed by atoms with E-state index >= 15 is 0 Å². The van der Waals surface area contributed by atoms with E-state index in [9.17, 15) is 4.79 Å². The average molecular weight is 231 g/mol. The van der Waals surface area contributed by atoms with Crippen molar-refractivity contribution < 1.29 is 19.4 Å². The van der Waals surface area contributed by atoms with E-state index in [0.717, 1.165) is 0 Å². The number of halogens is 1. The lowest BCUT2D eigenvalue weighted by Gasteiger charge is -2.06. The smallest absolute Gasteiger partial charge is 0.339 e. The zero-order valence-corrected chi connectivity index (χ0v) is 8.95. The van der Waals surface area contributed by atoms with Crippen LogP contribution >= 0.6 is 11.6 Å². The second-order valence-corrected chi connectivity index (χ2v) is 3.11. The summed E-state index contributed by atoms with van der Waals surface area (Å²) in [4.78, 5) is 11.4. The van der Waals surface area contributed by atoms with Crippen molar-refractivity contribution in [3.05, 3.63) is 28.8 Å². The molecule has 5 heteroatoms. The number of carbonyl (C=O) groups is 1. The maximum absolute atomic E-state index is 11.4. The van der Waals surface area contributed by atoms with E-state index in [1.807, 2.05) is 0 Å². The van der Waals surface area contributed by atoms with Crippen LogP contribution in [-0.4, -0.2) is 31.4 Å². The SMILES string of the molecule is COc1ccc(C(=O)OCCO)c(Cl)c1. The first-order valence-corrected chi connectivity index (χ1v) is 4.68. The molecule has 1 aromatic rings. The molecule has 1 rings (SSSR count). The van der Waals surface area contributed by atoms with Gasteiger partial charge in [-0.05, 0) is 18.2 Å². The van der Waals surface area contributed by atoms with Crippen LogP contribution in [0, 0.1) is 0 Å². The molecule has 0 fully saturated rings. The molecule has 0 saturated heterocycles. The fourth-order valence-electron chi connectivity index (χ4n) is 1.00. The molecular formula is C10H11ClO4. The van der Waals surface area contributed by atoms with Gasteiger partial charge in [-0.15, -0.1) is 0 Å². The Morgan fingerprint density at radius 3 is 2.80 bits per heavy atom. The minimum absolute atomic E-state index is 0.0405. The second-order valence-electron chi connectivity index (χ2n) is 2.71. The number of aliphatic hydroxyl groups is 1. The molecule has 0 saturated carbocycles. The zero-order valence-electron chi connectivity index (χ0n) is 8.20. The highest BCUT2D eigenvalue weighted by Gasteiger charge is 2.12. The lowest BCUT2D eigenvalue weighted by atomic mass is 10.2. The van der Waals surface area contributed by atoms with Crippen molar-refractivity contribution in [3.63, 3.8) is 0 Å². The average Bonchev–Trinajstić information content (AvgIpc) is 2.25. The maximum Gasteiger partial charge on any atom is 0.339 e. The number of esters is 1. The molecule has 0 aromatic heterocycles. The summed E-state index contributed by atoms with van der Waals surface area (Å²) in [6.07, 6.45) is 0. The summed E-state index contributed by atoms with van der Waals surface area (Å²) in [5, 5.41) is 8.74. The minimum atomic E-state index is -0.559. The molecule has 15 heavy (non-hydrogen) atoms. The van der Waals surface area contributed by atoms with Crippen LogP contribution in [0.15, 0.2) is 18.2 Å².